The Kier molecular flexibility index (Phi) is 6.22. The van der Waals surface area contributed by atoms with Crippen LogP contribution in [0, 0.1) is 0 Å². The van der Waals surface area contributed by atoms with Gasteiger partial charge in [-0.2, -0.15) is 0 Å². The first-order chi connectivity index (χ1) is 13.3. The molecule has 0 spiro atoms. The largest absolute Gasteiger partial charge is 0.487 e. The van der Waals surface area contributed by atoms with Crippen LogP contribution in [0.2, 0.25) is 0 Å². The second-order valence-corrected chi connectivity index (χ2v) is 7.93. The van der Waals surface area contributed by atoms with E-state index in [-0.39, 0.29) is 43.0 Å². The fourth-order valence-electron chi connectivity index (χ4n) is 3.83. The molecule has 2 aliphatic heterocycles. The van der Waals surface area contributed by atoms with Crippen molar-refractivity contribution in [2.45, 2.75) is 37.1 Å². The smallest absolute Gasteiger partial charge is 0.238 e. The van der Waals surface area contributed by atoms with E-state index in [1.165, 1.54) is 0 Å². The van der Waals surface area contributed by atoms with Crippen molar-refractivity contribution in [3.8, 4) is 5.75 Å². The highest BCUT2D eigenvalue weighted by Crippen LogP contribution is 2.47. The number of carbonyl (C=O) groups excluding carboxylic acids is 2. The molecule has 154 valence electrons. The van der Waals surface area contributed by atoms with Crippen molar-refractivity contribution in [3.63, 3.8) is 0 Å². The lowest BCUT2D eigenvalue weighted by atomic mass is 9.84. The number of anilines is 1. The second-order valence-electron chi connectivity index (χ2n) is 7.93. The summed E-state index contributed by atoms with van der Waals surface area (Å²) in [6, 6.07) is 5.58. The van der Waals surface area contributed by atoms with Gasteiger partial charge in [-0.25, -0.2) is 0 Å². The predicted octanol–water partition coefficient (Wildman–Crippen LogP) is 0.659. The monoisotopic (exact) mass is 391 g/mol. The van der Waals surface area contributed by atoms with E-state index in [0.717, 1.165) is 11.3 Å². The molecule has 2 aliphatic rings. The van der Waals surface area contributed by atoms with Crippen molar-refractivity contribution in [3.05, 3.63) is 23.8 Å². The first-order valence-corrected chi connectivity index (χ1v) is 9.50. The Morgan fingerprint density at radius 2 is 2.00 bits per heavy atom. The summed E-state index contributed by atoms with van der Waals surface area (Å²) >= 11 is 0. The number of amides is 2. The zero-order valence-electron chi connectivity index (χ0n) is 16.8. The fourth-order valence-corrected chi connectivity index (χ4v) is 3.83. The number of nitrogens with one attached hydrogen (secondary N) is 1. The number of hydrogen-bond acceptors (Lipinski definition) is 6. The van der Waals surface area contributed by atoms with Crippen LogP contribution in [0.15, 0.2) is 18.2 Å². The molecule has 0 aliphatic carbocycles. The van der Waals surface area contributed by atoms with Gasteiger partial charge < -0.3 is 29.7 Å². The van der Waals surface area contributed by atoms with Gasteiger partial charge in [0, 0.05) is 31.3 Å². The molecule has 0 unspecified atom stereocenters. The van der Waals surface area contributed by atoms with Gasteiger partial charge in [-0.1, -0.05) is 0 Å². The van der Waals surface area contributed by atoms with Crippen LogP contribution in [-0.2, 0) is 14.3 Å². The number of fused-ring (bicyclic) bond motifs is 3. The van der Waals surface area contributed by atoms with Gasteiger partial charge in [0.05, 0.1) is 25.7 Å². The Hall–Kier alpha value is -2.16. The summed E-state index contributed by atoms with van der Waals surface area (Å²) in [6.45, 7) is 0.128. The molecule has 0 radical (unpaired) electrons. The Labute approximate surface area is 165 Å². The maximum absolute atomic E-state index is 12.1. The van der Waals surface area contributed by atoms with Crippen molar-refractivity contribution in [1.29, 1.82) is 0 Å². The Balaban J connectivity index is 1.78. The molecule has 2 heterocycles. The maximum Gasteiger partial charge on any atom is 0.238 e. The predicted molar refractivity (Wildman–Crippen MR) is 104 cm³/mol. The number of benzene rings is 1. The van der Waals surface area contributed by atoms with Crippen LogP contribution < -0.4 is 10.1 Å². The highest BCUT2D eigenvalue weighted by atomic mass is 16.6. The number of aliphatic hydroxyl groups excluding tert-OH is 1. The highest BCUT2D eigenvalue weighted by Gasteiger charge is 2.46. The fraction of sp³-hybridized carbons (Fsp3) is 0.600. The van der Waals surface area contributed by atoms with Gasteiger partial charge in [0.25, 0.3) is 0 Å². The van der Waals surface area contributed by atoms with Crippen molar-refractivity contribution in [1.82, 2.24) is 9.80 Å². The Morgan fingerprint density at radius 1 is 1.25 bits per heavy atom. The molecule has 2 amide bonds. The molecule has 0 bridgehead atoms. The molecule has 1 aromatic carbocycles. The molecule has 1 fully saturated rings. The number of carbonyl (C=O) groups is 2. The van der Waals surface area contributed by atoms with Crippen LogP contribution >= 0.6 is 0 Å². The molecule has 0 aromatic heterocycles. The number of ether oxygens (including phenoxy) is 2. The molecule has 1 saturated heterocycles. The molecule has 2 N–H and O–H groups in total. The number of rotatable bonds is 6. The van der Waals surface area contributed by atoms with Crippen molar-refractivity contribution < 1.29 is 24.2 Å². The van der Waals surface area contributed by atoms with Crippen molar-refractivity contribution in [2.75, 3.05) is 46.7 Å². The SMILES string of the molecule is CN(C)CC(=O)Nc1ccc2c(c1)[C@@H]1C[C@@H](CC(=O)N(C)C)O[C@H](CO)[C@@H]1O2. The maximum atomic E-state index is 12.1. The number of hydrogen-bond donors (Lipinski definition) is 2. The Morgan fingerprint density at radius 3 is 2.64 bits per heavy atom. The van der Waals surface area contributed by atoms with Crippen LogP contribution in [0.1, 0.15) is 24.3 Å². The standard InChI is InChI=1S/C20H29N3O5/c1-22(2)10-18(25)21-12-5-6-16-14(7-12)15-8-13(9-19(26)23(3)4)27-17(11-24)20(15)28-16/h5-7,13,15,17,20,24H,8-11H2,1-4H3,(H,21,25)/t13-,15-,17+,20+/m0/s1. The topological polar surface area (TPSA) is 91.3 Å². The lowest BCUT2D eigenvalue weighted by Crippen LogP contribution is -2.47. The van der Waals surface area contributed by atoms with Gasteiger partial charge in [0.15, 0.2) is 0 Å². The summed E-state index contributed by atoms with van der Waals surface area (Å²) in [7, 11) is 7.11. The molecule has 0 saturated carbocycles. The van der Waals surface area contributed by atoms with Crippen LogP contribution in [0.25, 0.3) is 0 Å². The third kappa shape index (κ3) is 4.45. The molecular formula is C20H29N3O5. The van der Waals surface area contributed by atoms with Crippen LogP contribution in [0.4, 0.5) is 5.69 Å². The summed E-state index contributed by atoms with van der Waals surface area (Å²) in [5.74, 6) is 0.646. The van der Waals surface area contributed by atoms with Gasteiger partial charge in [-0.15, -0.1) is 0 Å². The van der Waals surface area contributed by atoms with E-state index in [1.54, 1.807) is 23.9 Å². The lowest BCUT2D eigenvalue weighted by molar-refractivity contribution is -0.147. The minimum absolute atomic E-state index is 0.00608. The summed E-state index contributed by atoms with van der Waals surface area (Å²) in [6.07, 6.45) is -0.171. The summed E-state index contributed by atoms with van der Waals surface area (Å²) < 4.78 is 12.0. The molecular weight excluding hydrogens is 362 g/mol. The highest BCUT2D eigenvalue weighted by molar-refractivity contribution is 5.92. The summed E-state index contributed by atoms with van der Waals surface area (Å²) in [5, 5.41) is 12.7. The first kappa shape index (κ1) is 20.6. The van der Waals surface area contributed by atoms with E-state index < -0.39 is 6.10 Å². The zero-order valence-corrected chi connectivity index (χ0v) is 16.8. The molecule has 1 aromatic rings. The van der Waals surface area contributed by atoms with Gasteiger partial charge in [-0.05, 0) is 38.7 Å². The van der Waals surface area contributed by atoms with Gasteiger partial charge in [0.2, 0.25) is 11.8 Å². The van der Waals surface area contributed by atoms with E-state index >= 15 is 0 Å². The van der Waals surface area contributed by atoms with Crippen LogP contribution in [-0.4, -0.2) is 86.4 Å². The van der Waals surface area contributed by atoms with E-state index in [4.69, 9.17) is 9.47 Å². The third-order valence-corrected chi connectivity index (χ3v) is 5.14. The normalized spacial score (nSPS) is 25.6. The number of nitrogens with zero attached hydrogens (tertiary/aromatic N) is 2. The molecule has 4 atom stereocenters. The van der Waals surface area contributed by atoms with E-state index in [9.17, 15) is 14.7 Å². The number of likely N-dealkylation sites (N-methyl/N-ethyl adjacent to an activating group) is 1. The molecule has 8 heteroatoms. The van der Waals surface area contributed by atoms with Gasteiger partial charge in [-0.3, -0.25) is 9.59 Å². The molecule has 28 heavy (non-hydrogen) atoms. The van der Waals surface area contributed by atoms with E-state index in [2.05, 4.69) is 5.32 Å². The van der Waals surface area contributed by atoms with E-state index in [0.29, 0.717) is 18.7 Å². The van der Waals surface area contributed by atoms with Crippen LogP contribution in [0.5, 0.6) is 5.75 Å². The lowest BCUT2D eigenvalue weighted by Gasteiger charge is -2.37. The quantitative estimate of drug-likeness (QED) is 0.740. The summed E-state index contributed by atoms with van der Waals surface area (Å²) in [4.78, 5) is 27.5. The van der Waals surface area contributed by atoms with Gasteiger partial charge in [0.1, 0.15) is 18.0 Å². The van der Waals surface area contributed by atoms with Crippen LogP contribution in [0.3, 0.4) is 0 Å². The van der Waals surface area contributed by atoms with Crippen molar-refractivity contribution in [2.24, 2.45) is 0 Å². The average molecular weight is 391 g/mol. The Bertz CT molecular complexity index is 737. The van der Waals surface area contributed by atoms with E-state index in [1.807, 2.05) is 32.3 Å². The first-order valence-electron chi connectivity index (χ1n) is 9.50. The number of aliphatic hydroxyl groups is 1. The molecule has 3 rings (SSSR count). The van der Waals surface area contributed by atoms with Crippen molar-refractivity contribution >= 4 is 17.5 Å². The molecule has 8 nitrogen and oxygen atoms in total. The second kappa shape index (κ2) is 8.46. The van der Waals surface area contributed by atoms with Gasteiger partial charge >= 0.3 is 0 Å². The minimum Gasteiger partial charge on any atom is -0.487 e. The zero-order chi connectivity index (χ0) is 20.4. The summed E-state index contributed by atoms with van der Waals surface area (Å²) in [5.41, 5.74) is 1.69. The third-order valence-electron chi connectivity index (χ3n) is 5.14. The average Bonchev–Trinajstić information content (AvgIpc) is 2.98. The minimum atomic E-state index is -0.488.